The summed E-state index contributed by atoms with van der Waals surface area (Å²) in [6.07, 6.45) is 0. The minimum Gasteiger partial charge on any atom is -0.365 e. The Balaban J connectivity index is 0.00000144. The fourth-order valence-electron chi connectivity index (χ4n) is 1.07. The largest absolute Gasteiger partial charge is 1.00 e. The molecule has 0 saturated heterocycles. The molecule has 0 aliphatic carbocycles. The Hall–Kier alpha value is 0.396. The van der Waals surface area contributed by atoms with Crippen molar-refractivity contribution in [1.82, 2.24) is 0 Å². The van der Waals surface area contributed by atoms with Gasteiger partial charge in [0, 0.05) is 12.7 Å². The third-order valence-electron chi connectivity index (χ3n) is 1.58. The maximum Gasteiger partial charge on any atom is 1.00 e. The number of nitrogens with zero attached hydrogens (tertiary/aromatic N) is 1. The third-order valence-corrected chi connectivity index (χ3v) is 1.58. The van der Waals surface area contributed by atoms with E-state index in [1.807, 2.05) is 38.7 Å². The molecule has 1 aromatic carbocycles. The summed E-state index contributed by atoms with van der Waals surface area (Å²) in [6.45, 7) is 7.82. The van der Waals surface area contributed by atoms with Gasteiger partial charge in [0.15, 0.2) is 0 Å². The summed E-state index contributed by atoms with van der Waals surface area (Å²) in [7, 11) is 2.02. The van der Waals surface area contributed by atoms with Crippen LogP contribution in [0.5, 0.6) is 0 Å². The zero-order chi connectivity index (χ0) is 8.97. The smallest absolute Gasteiger partial charge is 0.365 e. The van der Waals surface area contributed by atoms with Crippen LogP contribution in [0.15, 0.2) is 42.5 Å². The molecule has 0 unspecified atom stereocenters. The van der Waals surface area contributed by atoms with Crippen molar-refractivity contribution in [3.8, 4) is 0 Å². The predicted octanol–water partition coefficient (Wildman–Crippen LogP) is -0.135. The van der Waals surface area contributed by atoms with Crippen molar-refractivity contribution in [3.63, 3.8) is 0 Å². The summed E-state index contributed by atoms with van der Waals surface area (Å²) in [5.74, 6) is 0. The van der Waals surface area contributed by atoms with Gasteiger partial charge >= 0.3 is 51.4 Å². The Morgan fingerprint density at radius 2 is 1.85 bits per heavy atom. The van der Waals surface area contributed by atoms with Crippen LogP contribution in [0.25, 0.3) is 0 Å². The first kappa shape index (κ1) is 13.4. The fourth-order valence-corrected chi connectivity index (χ4v) is 1.07. The molecule has 1 nitrogen and oxygen atoms in total. The molecule has 0 heterocycles. The van der Waals surface area contributed by atoms with Crippen molar-refractivity contribution < 1.29 is 51.4 Å². The van der Waals surface area contributed by atoms with Gasteiger partial charge in [-0.3, -0.25) is 0 Å². The summed E-state index contributed by atoms with van der Waals surface area (Å²) >= 11 is 0. The normalized spacial score (nSPS) is 8.77. The molecule has 1 radical (unpaired) electrons. The van der Waals surface area contributed by atoms with Crippen LogP contribution in [0.3, 0.4) is 0 Å². The minimum atomic E-state index is 0. The number of hydrogen-bond acceptors (Lipinski definition) is 1. The Labute approximate surface area is 123 Å². The van der Waals surface area contributed by atoms with Gasteiger partial charge in [-0.15, -0.1) is 0 Å². The average molecular weight is 199 g/mol. The Kier molecular flexibility index (Phi) is 7.00. The summed E-state index contributed by atoms with van der Waals surface area (Å²) in [4.78, 5) is 2.06. The van der Waals surface area contributed by atoms with Crippen LogP contribution in [0.2, 0.25) is 0 Å². The van der Waals surface area contributed by atoms with E-state index in [9.17, 15) is 0 Å². The van der Waals surface area contributed by atoms with Gasteiger partial charge in [0.1, 0.15) is 0 Å². The van der Waals surface area contributed by atoms with Crippen LogP contribution in [0.1, 0.15) is 6.92 Å². The maximum atomic E-state index is 3.82. The van der Waals surface area contributed by atoms with Gasteiger partial charge in [0.05, 0.1) is 6.54 Å². The maximum absolute atomic E-state index is 3.82. The molecule has 2 heteroatoms. The average Bonchev–Trinajstić information content (AvgIpc) is 2.05. The molecule has 13 heavy (non-hydrogen) atoms. The first-order chi connectivity index (χ1) is 5.70. The first-order valence-corrected chi connectivity index (χ1v) is 3.98. The van der Waals surface area contributed by atoms with Crippen molar-refractivity contribution in [1.29, 1.82) is 0 Å². The quantitative estimate of drug-likeness (QED) is 0.613. The van der Waals surface area contributed by atoms with Gasteiger partial charge in [-0.2, -0.15) is 0 Å². The molecule has 0 amide bonds. The zero-order valence-electron chi connectivity index (χ0n) is 8.62. The summed E-state index contributed by atoms with van der Waals surface area (Å²) < 4.78 is 0. The van der Waals surface area contributed by atoms with Crippen molar-refractivity contribution in [2.24, 2.45) is 0 Å². The summed E-state index contributed by atoms with van der Waals surface area (Å²) in [5.41, 5.74) is 2.24. The second-order valence-corrected chi connectivity index (χ2v) is 2.92. The first-order valence-electron chi connectivity index (χ1n) is 3.98. The second kappa shape index (κ2) is 6.79. The van der Waals surface area contributed by atoms with Gasteiger partial charge in [0.2, 0.25) is 0 Å². The van der Waals surface area contributed by atoms with E-state index < -0.39 is 0 Å². The molecule has 1 aromatic rings. The predicted molar refractivity (Wildman–Crippen MR) is 54.0 cm³/mol. The van der Waals surface area contributed by atoms with Gasteiger partial charge in [-0.25, -0.2) is 0 Å². The van der Waals surface area contributed by atoms with Crippen molar-refractivity contribution in [2.45, 2.75) is 6.92 Å². The van der Waals surface area contributed by atoms with E-state index in [1.54, 1.807) is 0 Å². The standard InChI is InChI=1S/C11H14N.K/c1-10(2)9-12(3)11-7-5-4-6-8-11;/h4-9H,1H2,2-3H3;/q;+1. The van der Waals surface area contributed by atoms with Gasteiger partial charge in [0.25, 0.3) is 0 Å². The molecule has 0 spiro atoms. The number of hydrogen-bond donors (Lipinski definition) is 0. The van der Waals surface area contributed by atoms with Crippen LogP contribution in [0, 0.1) is 6.54 Å². The van der Waals surface area contributed by atoms with E-state index >= 15 is 0 Å². The topological polar surface area (TPSA) is 3.24 Å². The van der Waals surface area contributed by atoms with Crippen LogP contribution >= 0.6 is 0 Å². The minimum absolute atomic E-state index is 0. The molecule has 0 bridgehead atoms. The van der Waals surface area contributed by atoms with Crippen molar-refractivity contribution >= 4 is 5.69 Å². The Bertz CT molecular complexity index is 256. The molecule has 0 atom stereocenters. The molecule has 0 aliphatic heterocycles. The molecule has 0 aromatic heterocycles. The van der Waals surface area contributed by atoms with Crippen LogP contribution < -0.4 is 56.3 Å². The van der Waals surface area contributed by atoms with Crippen LogP contribution in [-0.4, -0.2) is 7.05 Å². The second-order valence-electron chi connectivity index (χ2n) is 2.92. The molecule has 63 valence electrons. The monoisotopic (exact) mass is 199 g/mol. The molecule has 0 saturated carbocycles. The number of benzene rings is 1. The van der Waals surface area contributed by atoms with Gasteiger partial charge < -0.3 is 4.90 Å². The summed E-state index contributed by atoms with van der Waals surface area (Å²) in [6, 6.07) is 10.2. The van der Waals surface area contributed by atoms with E-state index in [1.165, 1.54) is 5.69 Å². The van der Waals surface area contributed by atoms with E-state index in [2.05, 4.69) is 23.6 Å². The van der Waals surface area contributed by atoms with Crippen LogP contribution in [-0.2, 0) is 0 Å². The number of likely N-dealkylation sites (N-methyl/N-ethyl adjacent to an activating group) is 1. The van der Waals surface area contributed by atoms with E-state index in [-0.39, 0.29) is 51.4 Å². The number of para-hydroxylation sites is 1. The molecule has 0 fully saturated rings. The van der Waals surface area contributed by atoms with Crippen molar-refractivity contribution in [2.75, 3.05) is 11.9 Å². The Morgan fingerprint density at radius 3 is 2.31 bits per heavy atom. The van der Waals surface area contributed by atoms with Crippen molar-refractivity contribution in [3.05, 3.63) is 49.0 Å². The van der Waals surface area contributed by atoms with Gasteiger partial charge in [-0.05, 0) is 19.1 Å². The van der Waals surface area contributed by atoms with E-state index in [0.29, 0.717) is 0 Å². The van der Waals surface area contributed by atoms with E-state index in [4.69, 9.17) is 0 Å². The molecular formula is C11H14KN+. The molecule has 0 aliphatic rings. The third kappa shape index (κ3) is 4.98. The Morgan fingerprint density at radius 1 is 1.31 bits per heavy atom. The number of rotatable bonds is 3. The molecular weight excluding hydrogens is 185 g/mol. The molecule has 1 rings (SSSR count). The van der Waals surface area contributed by atoms with Crippen LogP contribution in [0.4, 0.5) is 5.69 Å². The molecule has 0 N–H and O–H groups in total. The SMILES string of the molecule is C=C(C)[CH]N(C)c1ccccc1.[K+]. The van der Waals surface area contributed by atoms with Gasteiger partial charge in [-0.1, -0.05) is 30.4 Å². The summed E-state index contributed by atoms with van der Waals surface area (Å²) in [5, 5.41) is 0. The fraction of sp³-hybridized carbons (Fsp3) is 0.182. The zero-order valence-corrected chi connectivity index (χ0v) is 11.7. The van der Waals surface area contributed by atoms with E-state index in [0.717, 1.165) is 5.57 Å². The number of anilines is 1.